The van der Waals surface area contributed by atoms with E-state index in [4.69, 9.17) is 11.6 Å². The second kappa shape index (κ2) is 6.50. The van der Waals surface area contributed by atoms with Crippen molar-refractivity contribution < 1.29 is 26.0 Å². The fraction of sp³-hybridized carbons (Fsp3) is 0.500. The van der Waals surface area contributed by atoms with Gasteiger partial charge < -0.3 is 0 Å². The van der Waals surface area contributed by atoms with Gasteiger partial charge in [0, 0.05) is 12.4 Å². The zero-order valence-electron chi connectivity index (χ0n) is 11.3. The van der Waals surface area contributed by atoms with E-state index < -0.39 is 35.1 Å². The minimum absolute atomic E-state index is 0.0502. The molecule has 1 rings (SSSR count). The normalized spacial score (nSPS) is 13.0. The molecule has 0 saturated carbocycles. The van der Waals surface area contributed by atoms with Crippen molar-refractivity contribution in [2.24, 2.45) is 0 Å². The van der Waals surface area contributed by atoms with Gasteiger partial charge in [-0.05, 0) is 37.1 Å². The van der Waals surface area contributed by atoms with E-state index in [2.05, 4.69) is 0 Å². The van der Waals surface area contributed by atoms with Gasteiger partial charge in [0.2, 0.25) is 10.0 Å². The zero-order valence-corrected chi connectivity index (χ0v) is 12.9. The summed E-state index contributed by atoms with van der Waals surface area (Å²) >= 11 is 5.39. The summed E-state index contributed by atoms with van der Waals surface area (Å²) in [6.07, 6.45) is -4.69. The van der Waals surface area contributed by atoms with Crippen LogP contribution in [0.1, 0.15) is 11.1 Å². The largest absolute Gasteiger partial charge is 0.402 e. The van der Waals surface area contributed by atoms with Gasteiger partial charge in [0.05, 0.1) is 4.90 Å². The molecular weight excluding hydrogens is 334 g/mol. The molecule has 0 radical (unpaired) electrons. The number of hydrogen-bond acceptors (Lipinski definition) is 2. The van der Waals surface area contributed by atoms with Gasteiger partial charge >= 0.3 is 6.18 Å². The second-order valence-electron chi connectivity index (χ2n) is 4.51. The SMILES string of the molecule is Cc1cc(F)cc(C)c1S(=O)(=O)N(CCCl)CC(F)(F)F. The first-order valence-electron chi connectivity index (χ1n) is 5.88. The Morgan fingerprint density at radius 3 is 2.05 bits per heavy atom. The first kappa shape index (κ1) is 18.2. The van der Waals surface area contributed by atoms with Crippen LogP contribution in [0.2, 0.25) is 0 Å². The monoisotopic (exact) mass is 347 g/mol. The summed E-state index contributed by atoms with van der Waals surface area (Å²) < 4.78 is 75.9. The molecule has 0 bridgehead atoms. The number of halogens is 5. The summed E-state index contributed by atoms with van der Waals surface area (Å²) in [5.41, 5.74) is 0.100. The fourth-order valence-corrected chi connectivity index (χ4v) is 4.15. The van der Waals surface area contributed by atoms with Gasteiger partial charge in [-0.1, -0.05) is 0 Å². The molecule has 0 amide bonds. The van der Waals surface area contributed by atoms with Crippen molar-refractivity contribution in [1.82, 2.24) is 4.31 Å². The zero-order chi connectivity index (χ0) is 16.4. The average Bonchev–Trinajstić information content (AvgIpc) is 2.24. The fourth-order valence-electron chi connectivity index (χ4n) is 2.01. The van der Waals surface area contributed by atoms with Crippen LogP contribution in [0, 0.1) is 19.7 Å². The summed E-state index contributed by atoms with van der Waals surface area (Å²) in [5.74, 6) is -0.933. The smallest absolute Gasteiger partial charge is 0.207 e. The van der Waals surface area contributed by atoms with Crippen LogP contribution in [-0.4, -0.2) is 37.9 Å². The minimum Gasteiger partial charge on any atom is -0.207 e. The third-order valence-electron chi connectivity index (χ3n) is 2.71. The van der Waals surface area contributed by atoms with E-state index in [-0.39, 0.29) is 26.2 Å². The van der Waals surface area contributed by atoms with Crippen LogP contribution in [0.15, 0.2) is 17.0 Å². The Morgan fingerprint density at radius 2 is 1.67 bits per heavy atom. The predicted octanol–water partition coefficient (Wildman–Crippen LogP) is 3.23. The predicted molar refractivity (Wildman–Crippen MR) is 71.4 cm³/mol. The number of rotatable bonds is 5. The van der Waals surface area contributed by atoms with Gasteiger partial charge in [0.1, 0.15) is 12.4 Å². The highest BCUT2D eigenvalue weighted by atomic mass is 35.5. The van der Waals surface area contributed by atoms with Crippen molar-refractivity contribution in [2.45, 2.75) is 24.9 Å². The number of aryl methyl sites for hydroxylation is 2. The summed E-state index contributed by atoms with van der Waals surface area (Å²) in [6, 6.07) is 1.93. The third-order valence-corrected chi connectivity index (χ3v) is 5.03. The number of alkyl halides is 4. The Bertz CT molecular complexity index is 593. The summed E-state index contributed by atoms with van der Waals surface area (Å²) in [5, 5.41) is 0. The lowest BCUT2D eigenvalue weighted by molar-refractivity contribution is -0.135. The molecule has 0 unspecified atom stereocenters. The van der Waals surface area contributed by atoms with Crippen LogP contribution in [-0.2, 0) is 10.0 Å². The second-order valence-corrected chi connectivity index (χ2v) is 6.76. The first-order chi connectivity index (χ1) is 9.49. The molecular formula is C12H14ClF4NO2S. The lowest BCUT2D eigenvalue weighted by atomic mass is 10.1. The molecule has 0 aliphatic carbocycles. The van der Waals surface area contributed by atoms with Crippen molar-refractivity contribution in [3.63, 3.8) is 0 Å². The van der Waals surface area contributed by atoms with Gasteiger partial charge in [-0.15, -0.1) is 11.6 Å². The Labute approximate surface area is 125 Å². The summed E-state index contributed by atoms with van der Waals surface area (Å²) in [6.45, 7) is 0.531. The maximum absolute atomic E-state index is 13.2. The van der Waals surface area contributed by atoms with Crippen molar-refractivity contribution in [3.8, 4) is 0 Å². The molecule has 21 heavy (non-hydrogen) atoms. The molecule has 0 fully saturated rings. The molecule has 120 valence electrons. The average molecular weight is 348 g/mol. The van der Waals surface area contributed by atoms with E-state index in [1.54, 1.807) is 0 Å². The van der Waals surface area contributed by atoms with E-state index in [1.165, 1.54) is 13.8 Å². The highest BCUT2D eigenvalue weighted by Crippen LogP contribution is 2.27. The minimum atomic E-state index is -4.69. The standard InChI is InChI=1S/C12H14ClF4NO2S/c1-8-5-10(14)6-9(2)11(8)21(19,20)18(4-3-13)7-12(15,16)17/h5-6H,3-4,7H2,1-2H3. The maximum atomic E-state index is 13.2. The van der Waals surface area contributed by atoms with Gasteiger partial charge in [-0.25, -0.2) is 12.8 Å². The number of benzene rings is 1. The maximum Gasteiger partial charge on any atom is 0.402 e. The molecule has 0 saturated heterocycles. The number of sulfonamides is 1. The topological polar surface area (TPSA) is 37.4 Å². The molecule has 0 heterocycles. The Morgan fingerprint density at radius 1 is 1.19 bits per heavy atom. The third kappa shape index (κ3) is 4.55. The van der Waals surface area contributed by atoms with Crippen LogP contribution >= 0.6 is 11.6 Å². The van der Waals surface area contributed by atoms with Crippen LogP contribution in [0.5, 0.6) is 0 Å². The number of hydrogen-bond donors (Lipinski definition) is 0. The Balaban J connectivity index is 3.36. The molecule has 0 atom stereocenters. The van der Waals surface area contributed by atoms with Crippen LogP contribution < -0.4 is 0 Å². The van der Waals surface area contributed by atoms with Crippen molar-refractivity contribution in [1.29, 1.82) is 0 Å². The van der Waals surface area contributed by atoms with E-state index in [0.29, 0.717) is 0 Å². The van der Waals surface area contributed by atoms with Gasteiger partial charge in [-0.3, -0.25) is 0 Å². The molecule has 3 nitrogen and oxygen atoms in total. The lowest BCUT2D eigenvalue weighted by Gasteiger charge is -2.24. The highest BCUT2D eigenvalue weighted by Gasteiger charge is 2.37. The first-order valence-corrected chi connectivity index (χ1v) is 7.86. The van der Waals surface area contributed by atoms with E-state index in [0.717, 1.165) is 12.1 Å². The van der Waals surface area contributed by atoms with Crippen molar-refractivity contribution >= 4 is 21.6 Å². The van der Waals surface area contributed by atoms with Crippen molar-refractivity contribution in [2.75, 3.05) is 19.0 Å². The molecule has 0 spiro atoms. The summed E-state index contributed by atoms with van der Waals surface area (Å²) in [4.78, 5) is -0.321. The number of nitrogens with zero attached hydrogens (tertiary/aromatic N) is 1. The molecule has 0 aliphatic rings. The van der Waals surface area contributed by atoms with E-state index >= 15 is 0 Å². The Kier molecular flexibility index (Phi) is 5.63. The molecule has 1 aromatic rings. The van der Waals surface area contributed by atoms with Crippen LogP contribution in [0.25, 0.3) is 0 Å². The molecule has 1 aromatic carbocycles. The quantitative estimate of drug-likeness (QED) is 0.606. The summed E-state index contributed by atoms with van der Waals surface area (Å²) in [7, 11) is -4.41. The van der Waals surface area contributed by atoms with Gasteiger partial charge in [0.25, 0.3) is 0 Å². The van der Waals surface area contributed by atoms with E-state index in [9.17, 15) is 26.0 Å². The molecule has 0 aliphatic heterocycles. The van der Waals surface area contributed by atoms with Gasteiger partial charge in [-0.2, -0.15) is 17.5 Å². The highest BCUT2D eigenvalue weighted by molar-refractivity contribution is 7.89. The van der Waals surface area contributed by atoms with Gasteiger partial charge in [0.15, 0.2) is 0 Å². The molecule has 0 N–H and O–H groups in total. The Hall–Kier alpha value is -0.860. The lowest BCUT2D eigenvalue weighted by Crippen LogP contribution is -2.40. The van der Waals surface area contributed by atoms with Crippen LogP contribution in [0.3, 0.4) is 0 Å². The van der Waals surface area contributed by atoms with Crippen molar-refractivity contribution in [3.05, 3.63) is 29.1 Å². The van der Waals surface area contributed by atoms with Crippen LogP contribution in [0.4, 0.5) is 17.6 Å². The molecule has 9 heteroatoms. The molecule has 0 aromatic heterocycles. The van der Waals surface area contributed by atoms with E-state index in [1.807, 2.05) is 0 Å².